The lowest BCUT2D eigenvalue weighted by molar-refractivity contribution is 0.0372. The van der Waals surface area contributed by atoms with Crippen molar-refractivity contribution in [3.63, 3.8) is 0 Å². The number of ether oxygens (including phenoxy) is 2. The summed E-state index contributed by atoms with van der Waals surface area (Å²) in [5.74, 6) is 0.737. The molecular weight excluding hydrogens is 346 g/mol. The van der Waals surface area contributed by atoms with Crippen LogP contribution < -0.4 is 16.0 Å². The smallest absolute Gasteiger partial charge is 0.408 e. The molecule has 158 valence electrons. The normalized spacial score (nSPS) is 16.7. The van der Waals surface area contributed by atoms with Crippen LogP contribution in [0.1, 0.15) is 47.5 Å². The molecule has 1 rings (SSSR count). The molecule has 0 unspecified atom stereocenters. The fraction of sp³-hybridized carbons (Fsp3) is 0.895. The maximum absolute atomic E-state index is 11.9. The molecule has 0 saturated carbocycles. The summed E-state index contributed by atoms with van der Waals surface area (Å²) in [6, 6.07) is 0. The second kappa shape index (κ2) is 11.3. The zero-order valence-corrected chi connectivity index (χ0v) is 18.0. The van der Waals surface area contributed by atoms with Crippen molar-refractivity contribution < 1.29 is 14.3 Å². The van der Waals surface area contributed by atoms with E-state index in [1.54, 1.807) is 7.05 Å². The van der Waals surface area contributed by atoms with Crippen LogP contribution in [0.15, 0.2) is 4.99 Å². The molecule has 1 amide bonds. The number of morpholine rings is 1. The summed E-state index contributed by atoms with van der Waals surface area (Å²) in [5.41, 5.74) is -0.970. The summed E-state index contributed by atoms with van der Waals surface area (Å²) in [6.07, 6.45) is 1.81. The van der Waals surface area contributed by atoms with Crippen molar-refractivity contribution >= 4 is 12.1 Å². The average molecular weight is 386 g/mol. The minimum Gasteiger partial charge on any atom is -0.444 e. The fourth-order valence-corrected chi connectivity index (χ4v) is 2.64. The fourth-order valence-electron chi connectivity index (χ4n) is 2.64. The van der Waals surface area contributed by atoms with Gasteiger partial charge < -0.3 is 25.4 Å². The van der Waals surface area contributed by atoms with Gasteiger partial charge in [0.2, 0.25) is 0 Å². The van der Waals surface area contributed by atoms with Crippen molar-refractivity contribution in [2.45, 2.75) is 58.6 Å². The standard InChI is InChI=1S/C19H39N5O3/c1-18(2,3)27-17(25)23-19(4,5)15-22-16(20-6)21-9-7-8-10-24-11-13-26-14-12-24/h7-15H2,1-6H3,(H,23,25)(H2,20,21,22). The van der Waals surface area contributed by atoms with Gasteiger partial charge in [-0.15, -0.1) is 0 Å². The molecule has 27 heavy (non-hydrogen) atoms. The highest BCUT2D eigenvalue weighted by atomic mass is 16.6. The molecule has 1 aliphatic heterocycles. The van der Waals surface area contributed by atoms with E-state index < -0.39 is 17.2 Å². The maximum atomic E-state index is 11.9. The van der Waals surface area contributed by atoms with Crippen LogP contribution in [-0.4, -0.2) is 81.1 Å². The number of carbonyl (C=O) groups is 1. The molecule has 1 fully saturated rings. The van der Waals surface area contributed by atoms with Gasteiger partial charge in [-0.3, -0.25) is 9.89 Å². The number of amides is 1. The highest BCUT2D eigenvalue weighted by Crippen LogP contribution is 2.09. The van der Waals surface area contributed by atoms with Gasteiger partial charge in [-0.1, -0.05) is 0 Å². The second-order valence-corrected chi connectivity index (χ2v) is 8.52. The van der Waals surface area contributed by atoms with Crippen LogP contribution in [0.25, 0.3) is 0 Å². The topological polar surface area (TPSA) is 87.2 Å². The van der Waals surface area contributed by atoms with E-state index in [-0.39, 0.29) is 0 Å². The van der Waals surface area contributed by atoms with Crippen molar-refractivity contribution in [2.24, 2.45) is 4.99 Å². The molecule has 0 aliphatic carbocycles. The number of nitrogens with one attached hydrogen (secondary N) is 3. The molecule has 0 atom stereocenters. The van der Waals surface area contributed by atoms with E-state index >= 15 is 0 Å². The summed E-state index contributed by atoms with van der Waals surface area (Å²) in [7, 11) is 1.75. The molecule has 8 nitrogen and oxygen atoms in total. The lowest BCUT2D eigenvalue weighted by atomic mass is 10.1. The number of aliphatic imine (C=N–C) groups is 1. The number of alkyl carbamates (subject to hydrolysis) is 1. The Labute approximate surface area is 164 Å². The molecule has 0 aromatic heterocycles. The van der Waals surface area contributed by atoms with E-state index in [0.29, 0.717) is 6.54 Å². The van der Waals surface area contributed by atoms with Crippen molar-refractivity contribution in [1.29, 1.82) is 0 Å². The molecule has 0 bridgehead atoms. The first-order valence-corrected chi connectivity index (χ1v) is 9.87. The predicted octanol–water partition coefficient (Wildman–Crippen LogP) is 1.57. The van der Waals surface area contributed by atoms with Gasteiger partial charge >= 0.3 is 6.09 Å². The van der Waals surface area contributed by atoms with Gasteiger partial charge in [0.15, 0.2) is 5.96 Å². The van der Waals surface area contributed by atoms with Crippen LogP contribution in [0, 0.1) is 0 Å². The van der Waals surface area contributed by atoms with Crippen LogP contribution in [0.4, 0.5) is 4.79 Å². The molecule has 3 N–H and O–H groups in total. The van der Waals surface area contributed by atoms with E-state index in [1.807, 2.05) is 34.6 Å². The number of carbonyl (C=O) groups excluding carboxylic acids is 1. The monoisotopic (exact) mass is 385 g/mol. The van der Waals surface area contributed by atoms with Crippen LogP contribution in [0.5, 0.6) is 0 Å². The predicted molar refractivity (Wildman–Crippen MR) is 109 cm³/mol. The van der Waals surface area contributed by atoms with Crippen LogP contribution in [0.2, 0.25) is 0 Å². The molecule has 1 heterocycles. The first-order valence-electron chi connectivity index (χ1n) is 9.87. The zero-order valence-electron chi connectivity index (χ0n) is 18.0. The number of nitrogens with zero attached hydrogens (tertiary/aromatic N) is 2. The van der Waals surface area contributed by atoms with Gasteiger partial charge in [0.25, 0.3) is 0 Å². The van der Waals surface area contributed by atoms with Gasteiger partial charge in [-0.05, 0) is 54.0 Å². The minimum absolute atomic E-state index is 0.416. The Bertz CT molecular complexity index is 468. The van der Waals surface area contributed by atoms with Crippen molar-refractivity contribution in [3.05, 3.63) is 0 Å². The molecular formula is C19H39N5O3. The van der Waals surface area contributed by atoms with Crippen LogP contribution in [-0.2, 0) is 9.47 Å². The Balaban J connectivity index is 2.21. The number of rotatable bonds is 8. The highest BCUT2D eigenvalue weighted by molar-refractivity contribution is 5.79. The molecule has 0 spiro atoms. The Kier molecular flexibility index (Phi) is 9.87. The summed E-state index contributed by atoms with van der Waals surface area (Å²) in [6.45, 7) is 15.7. The largest absolute Gasteiger partial charge is 0.444 e. The molecule has 0 aromatic carbocycles. The summed E-state index contributed by atoms with van der Waals surface area (Å²) >= 11 is 0. The first kappa shape index (κ1) is 23.5. The molecule has 1 aliphatic rings. The van der Waals surface area contributed by atoms with Gasteiger partial charge in [0, 0.05) is 33.2 Å². The van der Waals surface area contributed by atoms with Crippen molar-refractivity contribution in [2.75, 3.05) is 53.0 Å². The second-order valence-electron chi connectivity index (χ2n) is 8.52. The number of hydrogen-bond donors (Lipinski definition) is 3. The van der Waals surface area contributed by atoms with Crippen LogP contribution in [0.3, 0.4) is 0 Å². The Morgan fingerprint density at radius 2 is 1.78 bits per heavy atom. The minimum atomic E-state index is -0.508. The van der Waals surface area contributed by atoms with E-state index in [2.05, 4.69) is 25.8 Å². The Morgan fingerprint density at radius 3 is 2.37 bits per heavy atom. The van der Waals surface area contributed by atoms with E-state index in [0.717, 1.165) is 58.2 Å². The summed E-state index contributed by atoms with van der Waals surface area (Å²) in [4.78, 5) is 18.6. The Hall–Kier alpha value is -1.54. The van der Waals surface area contributed by atoms with Gasteiger partial charge in [0.05, 0.1) is 18.8 Å². The van der Waals surface area contributed by atoms with Crippen molar-refractivity contribution in [1.82, 2.24) is 20.9 Å². The third kappa shape index (κ3) is 11.7. The van der Waals surface area contributed by atoms with Crippen molar-refractivity contribution in [3.8, 4) is 0 Å². The molecule has 0 radical (unpaired) electrons. The summed E-state index contributed by atoms with van der Waals surface area (Å²) in [5, 5.41) is 9.47. The maximum Gasteiger partial charge on any atom is 0.408 e. The number of guanidine groups is 1. The van der Waals surface area contributed by atoms with Gasteiger partial charge in [-0.25, -0.2) is 4.79 Å². The van der Waals surface area contributed by atoms with Crippen LogP contribution >= 0.6 is 0 Å². The van der Waals surface area contributed by atoms with Gasteiger partial charge in [-0.2, -0.15) is 0 Å². The zero-order chi connectivity index (χ0) is 20.3. The molecule has 1 saturated heterocycles. The third-order valence-electron chi connectivity index (χ3n) is 4.06. The van der Waals surface area contributed by atoms with Gasteiger partial charge in [0.1, 0.15) is 5.60 Å². The van der Waals surface area contributed by atoms with E-state index in [9.17, 15) is 4.79 Å². The number of unbranched alkanes of at least 4 members (excludes halogenated alkanes) is 1. The van der Waals surface area contributed by atoms with E-state index in [1.165, 1.54) is 0 Å². The molecule has 0 aromatic rings. The highest BCUT2D eigenvalue weighted by Gasteiger charge is 2.24. The number of hydrogen-bond acceptors (Lipinski definition) is 5. The Morgan fingerprint density at radius 1 is 1.11 bits per heavy atom. The quantitative estimate of drug-likeness (QED) is 0.334. The lowest BCUT2D eigenvalue weighted by Crippen LogP contribution is -2.54. The molecule has 8 heteroatoms. The first-order chi connectivity index (χ1) is 12.6. The summed E-state index contributed by atoms with van der Waals surface area (Å²) < 4.78 is 10.7. The lowest BCUT2D eigenvalue weighted by Gasteiger charge is -2.29. The SMILES string of the molecule is CN=C(NCCCCN1CCOCC1)NCC(C)(C)NC(=O)OC(C)(C)C. The van der Waals surface area contributed by atoms with E-state index in [4.69, 9.17) is 9.47 Å². The third-order valence-corrected chi connectivity index (χ3v) is 4.06. The average Bonchev–Trinajstić information content (AvgIpc) is 2.56.